The number of alkyl halides is 1. The third-order valence-corrected chi connectivity index (χ3v) is 21.6. The van der Waals surface area contributed by atoms with Gasteiger partial charge in [-0.05, 0) is 94.1 Å². The molecule has 0 N–H and O–H groups in total. The summed E-state index contributed by atoms with van der Waals surface area (Å²) in [5.41, 5.74) is 21.9. The number of unbranched alkanes of at least 4 members (excludes halogenated alkanes) is 2. The summed E-state index contributed by atoms with van der Waals surface area (Å²) in [6.45, 7) is 36.9. The Morgan fingerprint density at radius 1 is 0.732 bits per heavy atom. The van der Waals surface area contributed by atoms with Crippen LogP contribution in [0.5, 0.6) is 0 Å². The van der Waals surface area contributed by atoms with Crippen molar-refractivity contribution in [2.45, 2.75) is 141 Å². The number of hydrogen-bond donors (Lipinski definition) is 0. The van der Waals surface area contributed by atoms with Gasteiger partial charge in [-0.1, -0.05) is 71.7 Å². The largest absolute Gasteiger partial charge is 1.00 e. The Bertz CT molecular complexity index is 1370. The summed E-state index contributed by atoms with van der Waals surface area (Å²) in [6.07, 6.45) is 9.56. The summed E-state index contributed by atoms with van der Waals surface area (Å²) in [7, 11) is -8.85. The fourth-order valence-electron chi connectivity index (χ4n) is 5.09. The molecule has 0 aromatic rings. The van der Waals surface area contributed by atoms with Crippen LogP contribution >= 0.6 is 25.9 Å². The van der Waals surface area contributed by atoms with Crippen LogP contribution in [0.3, 0.4) is 0 Å². The summed E-state index contributed by atoms with van der Waals surface area (Å²) < 4.78 is 37.3. The zero-order valence-electron chi connectivity index (χ0n) is 37.8. The first-order valence-electron chi connectivity index (χ1n) is 19.2. The SMILES string of the molecule is C=C[C@@H](CCCCCl)[C@H](CC(=O)CP(C)(C)=O)O[Si](C)(C)C(C)(C)C.C=C[C@@H](CCCCN=[N+]=[N-])[C@H](CC(=O)CP(C)(C)=O)O[Si](C)(C)C(C)(C)C.[N-]=[N+]=[N-].[Na+]. The van der Waals surface area contributed by atoms with Gasteiger partial charge in [0.15, 0.2) is 16.6 Å². The van der Waals surface area contributed by atoms with Gasteiger partial charge in [0, 0.05) is 42.0 Å². The molecule has 4 atom stereocenters. The minimum atomic E-state index is -2.40. The van der Waals surface area contributed by atoms with Gasteiger partial charge in [-0.25, -0.2) is 0 Å². The van der Waals surface area contributed by atoms with Crippen LogP contribution in [0, 0.1) is 11.8 Å². The van der Waals surface area contributed by atoms with E-state index in [-0.39, 0.29) is 94.0 Å². The number of carbonyl (C=O) groups is 2. The number of Topliss-reactive ketones (excluding diaryl/α,β-unsaturated/α-hetero) is 2. The number of ketones is 2. The van der Waals surface area contributed by atoms with Gasteiger partial charge in [-0.2, -0.15) is 0 Å². The molecule has 0 unspecified atom stereocenters. The molecule has 0 bridgehead atoms. The van der Waals surface area contributed by atoms with Crippen molar-refractivity contribution in [1.82, 2.24) is 0 Å². The van der Waals surface area contributed by atoms with Gasteiger partial charge in [0.2, 0.25) is 0 Å². The van der Waals surface area contributed by atoms with Crippen molar-refractivity contribution >= 4 is 54.1 Å². The van der Waals surface area contributed by atoms with E-state index in [0.717, 1.165) is 38.5 Å². The minimum absolute atomic E-state index is 0. The molecule has 320 valence electrons. The molecule has 56 heavy (non-hydrogen) atoms. The van der Waals surface area contributed by atoms with E-state index < -0.39 is 30.9 Å². The van der Waals surface area contributed by atoms with Crippen LogP contribution in [-0.4, -0.2) is 91.8 Å². The number of rotatable bonds is 25. The Morgan fingerprint density at radius 3 is 1.30 bits per heavy atom. The van der Waals surface area contributed by atoms with Crippen LogP contribution in [0.2, 0.25) is 36.3 Å². The Labute approximate surface area is 370 Å². The smallest absolute Gasteiger partial charge is 0.413 e. The predicted octanol–water partition coefficient (Wildman–Crippen LogP) is 10.3. The molecule has 0 amide bonds. The van der Waals surface area contributed by atoms with Gasteiger partial charge in [0.1, 0.15) is 11.6 Å². The van der Waals surface area contributed by atoms with Gasteiger partial charge < -0.3 is 29.0 Å². The van der Waals surface area contributed by atoms with Crippen molar-refractivity contribution in [3.8, 4) is 0 Å². The molecule has 0 saturated carbocycles. The molecule has 0 aliphatic rings. The third kappa shape index (κ3) is 30.6. The van der Waals surface area contributed by atoms with E-state index in [1.807, 2.05) is 12.2 Å². The summed E-state index contributed by atoms with van der Waals surface area (Å²) in [5, 5.41) is 3.67. The maximum atomic E-state index is 12.5. The van der Waals surface area contributed by atoms with Crippen molar-refractivity contribution in [2.75, 3.05) is 51.4 Å². The Kier molecular flexibility index (Phi) is 33.0. The van der Waals surface area contributed by atoms with Crippen molar-refractivity contribution in [1.29, 1.82) is 0 Å². The molecule has 0 aromatic carbocycles. The molecular formula is C38H76ClN6NaO6P2Si2. The predicted molar refractivity (Wildman–Crippen MR) is 242 cm³/mol. The maximum absolute atomic E-state index is 12.5. The van der Waals surface area contributed by atoms with E-state index in [9.17, 15) is 18.7 Å². The molecule has 0 rings (SSSR count). The number of nitrogens with zero attached hydrogens (tertiary/aromatic N) is 6. The fourth-order valence-corrected chi connectivity index (χ4v) is 9.97. The summed E-state index contributed by atoms with van der Waals surface area (Å²) in [5.74, 6) is 0.830. The molecule has 0 aliphatic carbocycles. The van der Waals surface area contributed by atoms with Crippen LogP contribution in [0.1, 0.15) is 92.9 Å². The van der Waals surface area contributed by atoms with E-state index in [1.165, 1.54) is 4.91 Å². The van der Waals surface area contributed by atoms with E-state index in [1.54, 1.807) is 26.7 Å². The van der Waals surface area contributed by atoms with Gasteiger partial charge >= 0.3 is 29.6 Å². The normalized spacial score (nSPS) is 14.3. The topological polar surface area (TPSA) is 194 Å². The summed E-state index contributed by atoms with van der Waals surface area (Å²) in [6, 6.07) is 0. The summed E-state index contributed by atoms with van der Waals surface area (Å²) >= 11 is 5.80. The van der Waals surface area contributed by atoms with E-state index >= 15 is 0 Å². The van der Waals surface area contributed by atoms with Crippen LogP contribution < -0.4 is 29.6 Å². The first-order valence-corrected chi connectivity index (χ1v) is 31.1. The van der Waals surface area contributed by atoms with Gasteiger partial charge in [-0.15, -0.1) is 24.8 Å². The first-order chi connectivity index (χ1) is 24.9. The van der Waals surface area contributed by atoms with Crippen LogP contribution in [-0.2, 0) is 27.6 Å². The van der Waals surface area contributed by atoms with E-state index in [4.69, 9.17) is 37.0 Å². The van der Waals surface area contributed by atoms with Crippen LogP contribution in [0.25, 0.3) is 26.4 Å². The van der Waals surface area contributed by atoms with E-state index in [0.29, 0.717) is 18.8 Å². The average Bonchev–Trinajstić information content (AvgIpc) is 2.98. The van der Waals surface area contributed by atoms with Crippen molar-refractivity contribution in [2.24, 2.45) is 17.0 Å². The van der Waals surface area contributed by atoms with Crippen molar-refractivity contribution in [3.05, 3.63) is 51.7 Å². The van der Waals surface area contributed by atoms with E-state index in [2.05, 4.69) is 90.9 Å². The van der Waals surface area contributed by atoms with Gasteiger partial charge in [0.25, 0.3) is 0 Å². The fraction of sp³-hybridized carbons (Fsp3) is 0.842. The Hall–Kier alpha value is -0.456. The number of azide groups is 1. The molecule has 18 heteroatoms. The van der Waals surface area contributed by atoms with Crippen molar-refractivity contribution < 1.29 is 57.1 Å². The molecule has 12 nitrogen and oxygen atoms in total. The zero-order valence-corrected chi connectivity index (χ0v) is 44.3. The maximum Gasteiger partial charge on any atom is 1.00 e. The molecule has 0 spiro atoms. The molecule has 0 fully saturated rings. The molecule has 0 heterocycles. The number of carbonyl (C=O) groups excluding carboxylic acids is 2. The van der Waals surface area contributed by atoms with Gasteiger partial charge in [-0.3, -0.25) is 14.5 Å². The number of halogens is 1. The van der Waals surface area contributed by atoms with Crippen molar-refractivity contribution in [3.63, 3.8) is 0 Å². The first kappa shape index (κ1) is 62.2. The van der Waals surface area contributed by atoms with Crippen LogP contribution in [0.4, 0.5) is 0 Å². The average molecular weight is 890 g/mol. The quantitative estimate of drug-likeness (QED) is 0.0128. The van der Waals surface area contributed by atoms with Gasteiger partial charge in [0.05, 0.1) is 38.8 Å². The summed E-state index contributed by atoms with van der Waals surface area (Å²) in [4.78, 5) is 29.2. The monoisotopic (exact) mass is 888 g/mol. The number of hydrogen-bond acceptors (Lipinski definition) is 7. The molecule has 0 aromatic heterocycles. The molecule has 0 aliphatic heterocycles. The third-order valence-electron chi connectivity index (χ3n) is 10.1. The second-order valence-electron chi connectivity index (χ2n) is 18.3. The molecule has 0 radical (unpaired) electrons. The standard InChI is InChI=1S/C19H38ClO3PSi.C19H38N3O3PSi.N3.Na/c1-9-16(12-10-11-13-20)18(14-17(21)15-24(5,6)22)23-25(7,8)19(2,3)4;1-9-16(12-10-11-13-21-22-20)18(14-17(23)15-26(5,6)24)25-27(7,8)19(2,3)4;1-3-2;/h9,16,18H,1,10-15H2,2-8H3;9,16,18H,1,10-15H2,2-8H3;;/q;;-1;+1/t2*16-,18-;;/m00../s1. The molecule has 0 saturated heterocycles. The Balaban J connectivity index is -0.000000444. The second-order valence-corrected chi connectivity index (χ2v) is 35.1. The van der Waals surface area contributed by atoms with Crippen LogP contribution in [0.15, 0.2) is 30.4 Å². The molecular weight excluding hydrogens is 813 g/mol. The zero-order chi connectivity index (χ0) is 43.9. The Morgan fingerprint density at radius 2 is 1.05 bits per heavy atom. The second kappa shape index (κ2) is 29.7. The minimum Gasteiger partial charge on any atom is -0.413 e.